The van der Waals surface area contributed by atoms with Gasteiger partial charge >= 0.3 is 11.9 Å². The summed E-state index contributed by atoms with van der Waals surface area (Å²) in [5.41, 5.74) is 1.99. The average Bonchev–Trinajstić information content (AvgIpc) is 3.75. The molecule has 59 heavy (non-hydrogen) atoms. The molecule has 5 heterocycles. The van der Waals surface area contributed by atoms with Crippen molar-refractivity contribution in [3.8, 4) is 5.75 Å². The molecule has 3 aromatic heterocycles. The van der Waals surface area contributed by atoms with Gasteiger partial charge in [0.15, 0.2) is 0 Å². The first kappa shape index (κ1) is 40.3. The largest absolute Gasteiger partial charge is 0.494 e. The number of ether oxygens (including phenoxy) is 1. The van der Waals surface area contributed by atoms with Crippen molar-refractivity contribution >= 4 is 45.3 Å². The number of benzene rings is 2. The number of alkyl halides is 3. The van der Waals surface area contributed by atoms with E-state index in [1.54, 1.807) is 23.7 Å². The van der Waals surface area contributed by atoms with Crippen LogP contribution < -0.4 is 21.1 Å². The molecular formula is C43H49F3N8O5. The SMILES string of the molecule is COc1cc2nn([C@H]3CC[C@H](CN4CCC(CCCc5ccc6c(c5)n(C)c(=O)n6C5CCC(=O)NC5=O)CC4)CC3)cc2cc1NC(=O)c1cccc(C(F)(F)F)n1. The number of aromatic nitrogens is 5. The average molecular weight is 815 g/mol. The highest BCUT2D eigenvalue weighted by molar-refractivity contribution is 6.05. The molecule has 2 N–H and O–H groups in total. The fraction of sp³-hybridized carbons (Fsp3) is 0.488. The third-order valence-corrected chi connectivity index (χ3v) is 12.5. The Morgan fingerprint density at radius 1 is 0.949 bits per heavy atom. The minimum absolute atomic E-state index is 0.218. The molecule has 2 aromatic carbocycles. The minimum Gasteiger partial charge on any atom is -0.494 e. The Labute approximate surface area is 338 Å². The molecule has 16 heteroatoms. The van der Waals surface area contributed by atoms with Gasteiger partial charge in [-0.2, -0.15) is 18.3 Å². The fourth-order valence-electron chi connectivity index (χ4n) is 9.23. The van der Waals surface area contributed by atoms with Crippen molar-refractivity contribution in [1.82, 2.24) is 34.1 Å². The van der Waals surface area contributed by atoms with Gasteiger partial charge in [0.1, 0.15) is 23.2 Å². The molecule has 3 amide bonds. The van der Waals surface area contributed by atoms with E-state index in [2.05, 4.69) is 32.7 Å². The molecule has 0 bridgehead atoms. The lowest BCUT2D eigenvalue weighted by molar-refractivity contribution is -0.141. The number of likely N-dealkylation sites (tertiary alicyclic amines) is 1. The van der Waals surface area contributed by atoms with Crippen LogP contribution in [-0.2, 0) is 29.2 Å². The zero-order chi connectivity index (χ0) is 41.4. The van der Waals surface area contributed by atoms with Gasteiger partial charge in [-0.05, 0) is 119 Å². The normalized spacial score (nSPS) is 20.9. The van der Waals surface area contributed by atoms with Gasteiger partial charge in [0, 0.05) is 37.7 Å². The molecule has 5 aromatic rings. The van der Waals surface area contributed by atoms with Gasteiger partial charge < -0.3 is 15.0 Å². The second-order valence-electron chi connectivity index (χ2n) is 16.4. The van der Waals surface area contributed by atoms with Crippen LogP contribution in [0.2, 0.25) is 0 Å². The third kappa shape index (κ3) is 8.63. The highest BCUT2D eigenvalue weighted by atomic mass is 19.4. The van der Waals surface area contributed by atoms with Gasteiger partial charge in [0.2, 0.25) is 11.8 Å². The molecule has 2 saturated heterocycles. The van der Waals surface area contributed by atoms with Crippen LogP contribution in [-0.4, -0.2) is 73.3 Å². The number of aryl methyl sites for hydroxylation is 2. The molecule has 1 atom stereocenters. The predicted molar refractivity (Wildman–Crippen MR) is 215 cm³/mol. The number of amides is 3. The van der Waals surface area contributed by atoms with E-state index in [0.717, 1.165) is 87.6 Å². The summed E-state index contributed by atoms with van der Waals surface area (Å²) in [7, 11) is 3.19. The molecule has 1 unspecified atom stereocenters. The van der Waals surface area contributed by atoms with E-state index in [9.17, 15) is 32.3 Å². The number of pyridine rings is 1. The van der Waals surface area contributed by atoms with Crippen molar-refractivity contribution in [1.29, 1.82) is 0 Å². The summed E-state index contributed by atoms with van der Waals surface area (Å²) in [6.45, 7) is 3.34. The number of imidazole rings is 1. The number of rotatable bonds is 11. The zero-order valence-corrected chi connectivity index (χ0v) is 33.3. The molecule has 13 nitrogen and oxygen atoms in total. The highest BCUT2D eigenvalue weighted by Gasteiger charge is 2.34. The number of imide groups is 1. The second-order valence-corrected chi connectivity index (χ2v) is 16.4. The standard InChI is InChI=1S/C43H49F3N8O5/c1-51-36-21-27(11-14-34(36)54(42(51)58)35-15-16-39(55)49-41(35)57)6-3-5-26-17-19-52(20-18-26)24-28-9-12-30(13-10-28)53-25-29-22-33(37(59-2)23-32(29)50-53)48-40(56)31-7-4-8-38(47-31)43(44,45)46/h4,7-8,11,14,21-23,25-26,28,30,35H,3,5-6,9-10,12-13,15-20,24H2,1-2H3,(H,48,56)(H,49,55,57)/t28-,30-,35?. The van der Waals surface area contributed by atoms with Crippen LogP contribution >= 0.6 is 0 Å². The Morgan fingerprint density at radius 3 is 2.46 bits per heavy atom. The van der Waals surface area contributed by atoms with E-state index in [1.165, 1.54) is 36.1 Å². The van der Waals surface area contributed by atoms with Crippen LogP contribution in [0.5, 0.6) is 5.75 Å². The number of fused-ring (bicyclic) bond motifs is 2. The second kappa shape index (κ2) is 16.6. The van der Waals surface area contributed by atoms with E-state index in [1.807, 2.05) is 16.9 Å². The van der Waals surface area contributed by atoms with Crippen molar-refractivity contribution in [3.05, 3.63) is 82.2 Å². The molecule has 312 valence electrons. The number of hydrogen-bond donors (Lipinski definition) is 2. The number of nitrogens with one attached hydrogen (secondary N) is 2. The summed E-state index contributed by atoms with van der Waals surface area (Å²) in [5.74, 6) is 0.184. The molecule has 3 aliphatic rings. The molecule has 8 rings (SSSR count). The number of anilines is 1. The summed E-state index contributed by atoms with van der Waals surface area (Å²) in [4.78, 5) is 56.3. The van der Waals surface area contributed by atoms with Gasteiger partial charge in [-0.1, -0.05) is 18.6 Å². The number of halogens is 3. The number of carbonyl (C=O) groups is 3. The molecule has 0 radical (unpaired) electrons. The molecule has 3 fully saturated rings. The summed E-state index contributed by atoms with van der Waals surface area (Å²) in [5, 5.41) is 10.7. The van der Waals surface area contributed by atoms with E-state index in [0.29, 0.717) is 40.7 Å². The van der Waals surface area contributed by atoms with Crippen LogP contribution in [0, 0.1) is 11.8 Å². The van der Waals surface area contributed by atoms with Crippen molar-refractivity contribution < 1.29 is 32.3 Å². The maximum Gasteiger partial charge on any atom is 0.433 e. The van der Waals surface area contributed by atoms with Crippen LogP contribution in [0.1, 0.15) is 98.0 Å². The summed E-state index contributed by atoms with van der Waals surface area (Å²) < 4.78 is 50.1. The molecule has 1 aliphatic carbocycles. The van der Waals surface area contributed by atoms with Crippen LogP contribution in [0.4, 0.5) is 18.9 Å². The number of hydrogen-bond acceptors (Lipinski definition) is 8. The first-order valence-corrected chi connectivity index (χ1v) is 20.5. The van der Waals surface area contributed by atoms with E-state index in [4.69, 9.17) is 9.84 Å². The summed E-state index contributed by atoms with van der Waals surface area (Å²) in [6, 6.07) is 12.3. The van der Waals surface area contributed by atoms with Gasteiger partial charge in [-0.15, -0.1) is 0 Å². The van der Waals surface area contributed by atoms with Crippen molar-refractivity contribution in [2.24, 2.45) is 18.9 Å². The van der Waals surface area contributed by atoms with Crippen molar-refractivity contribution in [2.45, 2.75) is 88.9 Å². The van der Waals surface area contributed by atoms with E-state index in [-0.39, 0.29) is 29.8 Å². The molecule has 2 aliphatic heterocycles. The van der Waals surface area contributed by atoms with Crippen LogP contribution in [0.25, 0.3) is 21.9 Å². The lowest BCUT2D eigenvalue weighted by Crippen LogP contribution is -2.44. The summed E-state index contributed by atoms with van der Waals surface area (Å²) in [6.07, 6.45) is 7.64. The molecular weight excluding hydrogens is 766 g/mol. The van der Waals surface area contributed by atoms with Crippen LogP contribution in [0.15, 0.2) is 59.5 Å². The summed E-state index contributed by atoms with van der Waals surface area (Å²) >= 11 is 0. The fourth-order valence-corrected chi connectivity index (χ4v) is 9.23. The van der Waals surface area contributed by atoms with Gasteiger partial charge in [0.05, 0.1) is 35.4 Å². The number of carbonyl (C=O) groups excluding carboxylic acids is 3. The number of nitrogens with zero attached hydrogens (tertiary/aromatic N) is 6. The zero-order valence-electron chi connectivity index (χ0n) is 33.3. The Kier molecular flexibility index (Phi) is 11.3. The minimum atomic E-state index is -4.66. The predicted octanol–water partition coefficient (Wildman–Crippen LogP) is 6.81. The first-order chi connectivity index (χ1) is 28.3. The topological polar surface area (TPSA) is 145 Å². The Balaban J connectivity index is 0.791. The number of methoxy groups -OCH3 is 1. The maximum atomic E-state index is 13.2. The molecule has 0 spiro atoms. The Hall–Kier alpha value is -5.51. The third-order valence-electron chi connectivity index (χ3n) is 12.5. The van der Waals surface area contributed by atoms with Crippen molar-refractivity contribution in [2.75, 3.05) is 32.1 Å². The van der Waals surface area contributed by atoms with E-state index >= 15 is 0 Å². The van der Waals surface area contributed by atoms with Crippen molar-refractivity contribution in [3.63, 3.8) is 0 Å². The lowest BCUT2D eigenvalue weighted by Gasteiger charge is -2.36. The maximum absolute atomic E-state index is 13.2. The first-order valence-electron chi connectivity index (χ1n) is 20.5. The highest BCUT2D eigenvalue weighted by Crippen LogP contribution is 2.36. The quantitative estimate of drug-likeness (QED) is 0.139. The van der Waals surface area contributed by atoms with Crippen LogP contribution in [0.3, 0.4) is 0 Å². The van der Waals surface area contributed by atoms with Gasteiger partial charge in [0.25, 0.3) is 5.91 Å². The van der Waals surface area contributed by atoms with Gasteiger partial charge in [-0.3, -0.25) is 33.5 Å². The monoisotopic (exact) mass is 814 g/mol. The van der Waals surface area contributed by atoms with Gasteiger partial charge in [-0.25, -0.2) is 9.78 Å². The van der Waals surface area contributed by atoms with E-state index < -0.39 is 29.7 Å². The smallest absolute Gasteiger partial charge is 0.433 e. The molecule has 1 saturated carbocycles. The Morgan fingerprint density at radius 2 is 1.73 bits per heavy atom. The Bertz CT molecular complexity index is 2440. The lowest BCUT2D eigenvalue weighted by atomic mass is 9.84. The number of piperidine rings is 2.